The van der Waals surface area contributed by atoms with Crippen LogP contribution in [0.3, 0.4) is 0 Å². The number of allylic oxidation sites excluding steroid dienone is 2. The first-order valence-corrected chi connectivity index (χ1v) is 9.70. The zero-order chi connectivity index (χ0) is 17.9. The van der Waals surface area contributed by atoms with Crippen LogP contribution in [0.4, 0.5) is 0 Å². The van der Waals surface area contributed by atoms with E-state index in [-0.39, 0.29) is 18.2 Å². The van der Waals surface area contributed by atoms with Gasteiger partial charge in [0, 0.05) is 50.8 Å². The summed E-state index contributed by atoms with van der Waals surface area (Å²) in [6.45, 7) is 12.1. The van der Waals surface area contributed by atoms with E-state index < -0.39 is 0 Å². The lowest BCUT2D eigenvalue weighted by Gasteiger charge is -2.45. The monoisotopic (exact) mass is 340 g/mol. The molecule has 0 saturated carbocycles. The van der Waals surface area contributed by atoms with Gasteiger partial charge in [-0.15, -0.1) is 0 Å². The zero-order valence-electron chi connectivity index (χ0n) is 16.0. The van der Waals surface area contributed by atoms with Crippen LogP contribution in [0.25, 0.3) is 0 Å². The maximum atomic E-state index is 6.19. The summed E-state index contributed by atoms with van der Waals surface area (Å²) in [5, 5.41) is 3.35. The predicted molar refractivity (Wildman–Crippen MR) is 104 cm³/mol. The fraction of sp³-hybridized carbons (Fsp3) is 0.889. The minimum absolute atomic E-state index is 0.0196. The summed E-state index contributed by atoms with van der Waals surface area (Å²) in [4.78, 5) is 4.81. The van der Waals surface area contributed by atoms with Gasteiger partial charge in [-0.05, 0) is 32.7 Å². The van der Waals surface area contributed by atoms with Gasteiger partial charge in [0.25, 0.3) is 0 Å². The normalized spacial score (nSPS) is 30.1. The van der Waals surface area contributed by atoms with Crippen molar-refractivity contribution in [2.45, 2.75) is 64.3 Å². The van der Waals surface area contributed by atoms with Gasteiger partial charge in [0.05, 0.1) is 6.17 Å². The molecule has 3 rings (SSSR count). The number of hydrogen-bond acceptors (Lipinski definition) is 6. The molecule has 2 heterocycles. The van der Waals surface area contributed by atoms with E-state index in [1.54, 1.807) is 0 Å². The second kappa shape index (κ2) is 12.0. The molecule has 4 unspecified atom stereocenters. The summed E-state index contributed by atoms with van der Waals surface area (Å²) in [7, 11) is 0. The molecule has 0 aromatic heterocycles. The summed E-state index contributed by atoms with van der Waals surface area (Å²) in [5.41, 5.74) is 18.1. The molecule has 6 heteroatoms. The van der Waals surface area contributed by atoms with Crippen LogP contribution < -0.4 is 22.5 Å². The third-order valence-corrected chi connectivity index (χ3v) is 4.94. The highest BCUT2D eigenvalue weighted by Crippen LogP contribution is 2.15. The Morgan fingerprint density at radius 1 is 1.04 bits per heavy atom. The first-order chi connectivity index (χ1) is 11.6. The Morgan fingerprint density at radius 3 is 2.00 bits per heavy atom. The highest BCUT2D eigenvalue weighted by Gasteiger charge is 2.31. The average Bonchev–Trinajstić information content (AvgIpc) is 2.55. The summed E-state index contributed by atoms with van der Waals surface area (Å²) in [5.74, 6) is 0. The first-order valence-electron chi connectivity index (χ1n) is 9.70. The van der Waals surface area contributed by atoms with Crippen LogP contribution in [0.2, 0.25) is 0 Å². The smallest absolute Gasteiger partial charge is 0.0726 e. The van der Waals surface area contributed by atoms with Crippen molar-refractivity contribution in [2.24, 2.45) is 17.2 Å². The third-order valence-electron chi connectivity index (χ3n) is 4.94. The zero-order valence-corrected chi connectivity index (χ0v) is 16.0. The van der Waals surface area contributed by atoms with Crippen molar-refractivity contribution in [3.8, 4) is 0 Å². The molecule has 6 nitrogen and oxygen atoms in total. The number of nitrogens with two attached hydrogens (primary N) is 3. The largest absolute Gasteiger partial charge is 0.325 e. The van der Waals surface area contributed by atoms with Gasteiger partial charge in [0.15, 0.2) is 0 Å². The molecular weight excluding hydrogens is 300 g/mol. The molecule has 0 spiro atoms. The maximum Gasteiger partial charge on any atom is 0.0726 e. The van der Waals surface area contributed by atoms with Gasteiger partial charge < -0.3 is 22.5 Å². The van der Waals surface area contributed by atoms with Gasteiger partial charge in [-0.25, -0.2) is 0 Å². The van der Waals surface area contributed by atoms with Crippen LogP contribution >= 0.6 is 0 Å². The van der Waals surface area contributed by atoms with Gasteiger partial charge >= 0.3 is 0 Å². The summed E-state index contributed by atoms with van der Waals surface area (Å²) >= 11 is 0. The quantitative estimate of drug-likeness (QED) is 0.552. The molecule has 4 atom stereocenters. The Labute approximate surface area is 148 Å². The Morgan fingerprint density at radius 2 is 1.58 bits per heavy atom. The highest BCUT2D eigenvalue weighted by atomic mass is 15.3. The molecule has 0 radical (unpaired) electrons. The Hall–Kier alpha value is -0.500. The van der Waals surface area contributed by atoms with Crippen LogP contribution in [-0.2, 0) is 0 Å². The third kappa shape index (κ3) is 6.78. The van der Waals surface area contributed by atoms with E-state index in [4.69, 9.17) is 17.2 Å². The van der Waals surface area contributed by atoms with E-state index in [1.807, 2.05) is 20.8 Å². The van der Waals surface area contributed by atoms with E-state index in [9.17, 15) is 0 Å². The SMILES string of the molecule is C1=CCC1.CC.CC(N)C(N)N1CCN(C2CCNCC2N)CC1. The molecule has 3 aliphatic rings. The van der Waals surface area contributed by atoms with Crippen molar-refractivity contribution in [3.05, 3.63) is 12.2 Å². The van der Waals surface area contributed by atoms with Crippen molar-refractivity contribution >= 4 is 0 Å². The molecular formula is C18H40N6. The van der Waals surface area contributed by atoms with E-state index in [2.05, 4.69) is 27.3 Å². The molecule has 0 bridgehead atoms. The van der Waals surface area contributed by atoms with Crippen molar-refractivity contribution in [3.63, 3.8) is 0 Å². The lowest BCUT2D eigenvalue weighted by Crippen LogP contribution is -2.63. The summed E-state index contributed by atoms with van der Waals surface area (Å²) in [6.07, 6.45) is 8.13. The van der Waals surface area contributed by atoms with Crippen LogP contribution in [-0.4, -0.2) is 73.4 Å². The Kier molecular flexibility index (Phi) is 10.7. The van der Waals surface area contributed by atoms with E-state index in [0.29, 0.717) is 6.04 Å². The van der Waals surface area contributed by atoms with Crippen LogP contribution in [0.1, 0.15) is 40.0 Å². The van der Waals surface area contributed by atoms with Crippen LogP contribution in [0.15, 0.2) is 12.2 Å². The average molecular weight is 341 g/mol. The maximum absolute atomic E-state index is 6.19. The van der Waals surface area contributed by atoms with Crippen molar-refractivity contribution in [2.75, 3.05) is 39.3 Å². The van der Waals surface area contributed by atoms with E-state index >= 15 is 0 Å². The van der Waals surface area contributed by atoms with Crippen molar-refractivity contribution in [1.29, 1.82) is 0 Å². The van der Waals surface area contributed by atoms with Crippen LogP contribution in [0, 0.1) is 0 Å². The molecule has 7 N–H and O–H groups in total. The summed E-state index contributed by atoms with van der Waals surface area (Å²) < 4.78 is 0. The molecule has 2 fully saturated rings. The molecule has 24 heavy (non-hydrogen) atoms. The second-order valence-electron chi connectivity index (χ2n) is 6.69. The standard InChI is InChI=1S/C12H28N6.C4H6.C2H6/c1-9(13)12(15)18-6-4-17(5-7-18)11-2-3-16-8-10(11)14;1-2-4-3-1;1-2/h9-12,16H,2-8,13-15H2,1H3;1-2H,3-4H2;1-2H3. The summed E-state index contributed by atoms with van der Waals surface area (Å²) in [6, 6.07) is 0.810. The lowest BCUT2D eigenvalue weighted by molar-refractivity contribution is 0.0484. The molecule has 0 aromatic carbocycles. The number of piperazine rings is 1. The van der Waals surface area contributed by atoms with Gasteiger partial charge in [-0.1, -0.05) is 26.0 Å². The predicted octanol–water partition coefficient (Wildman–Crippen LogP) is 0.288. The number of nitrogens with one attached hydrogen (secondary N) is 1. The number of rotatable bonds is 3. The Bertz CT molecular complexity index is 332. The van der Waals surface area contributed by atoms with Crippen molar-refractivity contribution in [1.82, 2.24) is 15.1 Å². The Balaban J connectivity index is 0.000000409. The van der Waals surface area contributed by atoms with Gasteiger partial charge in [-0.3, -0.25) is 9.80 Å². The fourth-order valence-electron chi connectivity index (χ4n) is 3.19. The second-order valence-corrected chi connectivity index (χ2v) is 6.69. The highest BCUT2D eigenvalue weighted by molar-refractivity contribution is 4.93. The van der Waals surface area contributed by atoms with E-state index in [0.717, 1.165) is 45.7 Å². The van der Waals surface area contributed by atoms with Gasteiger partial charge in [0.2, 0.25) is 0 Å². The number of hydrogen-bond donors (Lipinski definition) is 4. The molecule has 2 aliphatic heterocycles. The fourth-order valence-corrected chi connectivity index (χ4v) is 3.19. The number of piperidine rings is 1. The van der Waals surface area contributed by atoms with Crippen LogP contribution in [0.5, 0.6) is 0 Å². The lowest BCUT2D eigenvalue weighted by atomic mass is 9.99. The molecule has 0 amide bonds. The number of nitrogens with zero attached hydrogens (tertiary/aromatic N) is 2. The minimum Gasteiger partial charge on any atom is -0.325 e. The molecule has 0 aromatic rings. The topological polar surface area (TPSA) is 96.6 Å². The van der Waals surface area contributed by atoms with Crippen molar-refractivity contribution < 1.29 is 0 Å². The van der Waals surface area contributed by atoms with Gasteiger partial charge in [0.1, 0.15) is 0 Å². The molecule has 2 saturated heterocycles. The van der Waals surface area contributed by atoms with Gasteiger partial charge in [-0.2, -0.15) is 0 Å². The first kappa shape index (κ1) is 21.5. The van der Waals surface area contributed by atoms with E-state index in [1.165, 1.54) is 12.8 Å². The minimum atomic E-state index is -0.0196. The molecule has 142 valence electrons. The molecule has 1 aliphatic carbocycles.